The van der Waals surface area contributed by atoms with Gasteiger partial charge in [-0.05, 0) is 0 Å². The van der Waals surface area contributed by atoms with Crippen molar-refractivity contribution in [1.29, 1.82) is 0 Å². The van der Waals surface area contributed by atoms with Gasteiger partial charge in [-0.1, -0.05) is 5.16 Å². The predicted molar refractivity (Wildman–Crippen MR) is 83.5 cm³/mol. The molecule has 0 aliphatic carbocycles. The first-order valence-electron chi connectivity index (χ1n) is 7.08. The Morgan fingerprint density at radius 3 is 1.62 bits per heavy atom. The van der Waals surface area contributed by atoms with Gasteiger partial charge in [0.05, 0.1) is 6.42 Å². The third kappa shape index (κ3) is 10.0. The number of esters is 3. The van der Waals surface area contributed by atoms with Gasteiger partial charge in [0, 0.05) is 28.8 Å². The van der Waals surface area contributed by atoms with Gasteiger partial charge < -0.3 is 23.8 Å². The van der Waals surface area contributed by atoms with E-state index in [2.05, 4.69) is 14.6 Å². The lowest BCUT2D eigenvalue weighted by Crippen LogP contribution is -2.37. The molecule has 0 fully saturated rings. The quantitative estimate of drug-likeness (QED) is 0.0671. The summed E-state index contributed by atoms with van der Waals surface area (Å²) in [4.78, 5) is 33.8. The highest BCUT2D eigenvalue weighted by Gasteiger charge is 2.46. The third-order valence-electron chi connectivity index (χ3n) is 2.59. The molecule has 0 aromatic heterocycles. The van der Waals surface area contributed by atoms with E-state index < -0.39 is 94.4 Å². The van der Waals surface area contributed by atoms with Crippen LogP contribution in [0.5, 0.6) is 0 Å². The van der Waals surface area contributed by atoms with Crippen LogP contribution in [0.15, 0.2) is 5.16 Å². The van der Waals surface area contributed by atoms with E-state index in [-0.39, 0.29) is 0 Å². The lowest BCUT2D eigenvalue weighted by Gasteiger charge is -2.17. The molecular weight excluding hydrogens is 464 g/mol. The number of carbonyl (C=O) groups excluding carboxylic acids is 3. The van der Waals surface area contributed by atoms with Crippen LogP contribution in [0.2, 0.25) is 0 Å². The normalized spacial score (nSPS) is 14.8. The Morgan fingerprint density at radius 1 is 0.828 bits per heavy atom. The molecule has 17 heteroatoms. The molecule has 0 saturated heterocycles. The van der Waals surface area contributed by atoms with Gasteiger partial charge in [-0.2, -0.15) is 17.6 Å². The fourth-order valence-electron chi connectivity index (χ4n) is 1.25. The standard InChI is InChI=1S/C12H13F6NO8S2/c13-5-11(15,16)28(24)3-9(21)26-7(19-23)1-2-8(20)27-10(22)4-29(25)12(17,18)6-14/h23H,1-6H2/b19-7-. The Balaban J connectivity index is 4.48. The van der Waals surface area contributed by atoms with Crippen LogP contribution in [0, 0.1) is 0 Å². The molecule has 1 N–H and O–H groups in total. The van der Waals surface area contributed by atoms with Gasteiger partial charge in [-0.3, -0.25) is 4.79 Å². The molecule has 0 aliphatic rings. The lowest BCUT2D eigenvalue weighted by atomic mass is 10.3. The number of rotatable bonds is 11. The summed E-state index contributed by atoms with van der Waals surface area (Å²) < 4.78 is 105. The molecule has 0 spiro atoms. The smallest absolute Gasteiger partial charge is 0.435 e. The highest BCUT2D eigenvalue weighted by molar-refractivity contribution is 7.93. The Kier molecular flexibility index (Phi) is 11.4. The summed E-state index contributed by atoms with van der Waals surface area (Å²) in [6.07, 6.45) is -1.64. The van der Waals surface area contributed by atoms with Gasteiger partial charge in [0.15, 0.2) is 0 Å². The van der Waals surface area contributed by atoms with E-state index in [1.807, 2.05) is 0 Å². The molecule has 0 amide bonds. The fraction of sp³-hybridized carbons (Fsp3) is 0.667. The van der Waals surface area contributed by atoms with Crippen LogP contribution in [-0.2, 0) is 46.2 Å². The summed E-state index contributed by atoms with van der Waals surface area (Å²) in [5.74, 6) is -8.71. The molecule has 0 aliphatic heterocycles. The highest BCUT2D eigenvalue weighted by atomic mass is 32.2. The number of hydrogen-bond acceptors (Lipinski definition) is 9. The van der Waals surface area contributed by atoms with E-state index in [1.54, 1.807) is 0 Å². The Bertz CT molecular complexity index is 623. The van der Waals surface area contributed by atoms with Crippen molar-refractivity contribution in [2.24, 2.45) is 5.16 Å². The molecule has 0 aromatic rings. The van der Waals surface area contributed by atoms with Gasteiger partial charge in [-0.15, -0.1) is 0 Å². The van der Waals surface area contributed by atoms with Crippen molar-refractivity contribution in [3.8, 4) is 0 Å². The first kappa shape index (κ1) is 27.3. The second kappa shape index (κ2) is 12.1. The van der Waals surface area contributed by atoms with Crippen LogP contribution < -0.4 is 0 Å². The molecule has 0 bridgehead atoms. The maximum absolute atomic E-state index is 12.7. The average Bonchev–Trinajstić information content (AvgIpc) is 2.64. The summed E-state index contributed by atoms with van der Waals surface area (Å²) in [7, 11) is 0. The number of hydrogen-bond donors (Lipinski definition) is 1. The van der Waals surface area contributed by atoms with E-state index in [0.29, 0.717) is 0 Å². The van der Waals surface area contributed by atoms with E-state index in [4.69, 9.17) is 5.21 Å². The van der Waals surface area contributed by atoms with Gasteiger partial charge in [0.25, 0.3) is 0 Å². The SMILES string of the molecule is O=C(CC/C(=N/O)OC(=O)C[S+]([O-])C(F)(F)CF)OC(=O)C[S+]([O-])C(F)(F)CF. The van der Waals surface area contributed by atoms with Crippen LogP contribution in [0.3, 0.4) is 0 Å². The van der Waals surface area contributed by atoms with E-state index in [9.17, 15) is 49.8 Å². The molecule has 29 heavy (non-hydrogen) atoms. The number of oxime groups is 1. The van der Waals surface area contributed by atoms with Crippen LogP contribution in [0.4, 0.5) is 26.3 Å². The Morgan fingerprint density at radius 2 is 1.24 bits per heavy atom. The number of alkyl halides is 6. The minimum atomic E-state index is -4.33. The highest BCUT2D eigenvalue weighted by Crippen LogP contribution is 2.24. The van der Waals surface area contributed by atoms with Crippen molar-refractivity contribution < 1.29 is 64.5 Å². The van der Waals surface area contributed by atoms with E-state index >= 15 is 0 Å². The van der Waals surface area contributed by atoms with Crippen molar-refractivity contribution in [1.82, 2.24) is 0 Å². The van der Waals surface area contributed by atoms with Crippen LogP contribution in [0.25, 0.3) is 0 Å². The van der Waals surface area contributed by atoms with Crippen molar-refractivity contribution >= 4 is 46.2 Å². The van der Waals surface area contributed by atoms with Gasteiger partial charge in [0.1, 0.15) is 0 Å². The molecule has 9 nitrogen and oxygen atoms in total. The summed E-state index contributed by atoms with van der Waals surface area (Å²) in [6, 6.07) is 0. The van der Waals surface area contributed by atoms with Crippen molar-refractivity contribution in [2.45, 2.75) is 23.4 Å². The summed E-state index contributed by atoms with van der Waals surface area (Å²) in [5, 5.41) is 2.34. The minimum Gasteiger partial charge on any atom is -0.611 e. The first-order chi connectivity index (χ1) is 13.3. The zero-order valence-electron chi connectivity index (χ0n) is 14.1. The van der Waals surface area contributed by atoms with Crippen LogP contribution in [-0.4, -0.2) is 73.5 Å². The summed E-state index contributed by atoms with van der Waals surface area (Å²) in [6.45, 7) is -4.62. The van der Waals surface area contributed by atoms with E-state index in [1.165, 1.54) is 0 Å². The molecule has 0 heterocycles. The zero-order valence-corrected chi connectivity index (χ0v) is 15.7. The minimum absolute atomic E-state index is 0.774. The topological polar surface area (TPSA) is 148 Å². The molecule has 2 unspecified atom stereocenters. The zero-order chi connectivity index (χ0) is 22.8. The molecular formula is C12H13F6NO8S2. The van der Waals surface area contributed by atoms with Crippen LogP contribution in [0.1, 0.15) is 12.8 Å². The summed E-state index contributed by atoms with van der Waals surface area (Å²) >= 11 is -6.58. The molecule has 168 valence electrons. The predicted octanol–water partition coefficient (Wildman–Crippen LogP) is 0.789. The van der Waals surface area contributed by atoms with Crippen LogP contribution >= 0.6 is 0 Å². The monoisotopic (exact) mass is 477 g/mol. The molecule has 0 aromatic carbocycles. The maximum atomic E-state index is 12.7. The molecule has 0 radical (unpaired) electrons. The molecule has 2 atom stereocenters. The second-order valence-electron chi connectivity index (χ2n) is 4.84. The number of ether oxygens (including phenoxy) is 2. The maximum Gasteiger partial charge on any atom is 0.435 e. The number of nitrogens with zero attached hydrogens (tertiary/aromatic N) is 1. The fourth-order valence-corrected chi connectivity index (χ4v) is 2.46. The van der Waals surface area contributed by atoms with Gasteiger partial charge in [0.2, 0.25) is 30.8 Å². The second-order valence-corrected chi connectivity index (χ2v) is 7.99. The first-order valence-corrected chi connectivity index (χ1v) is 9.72. The Hall–Kier alpha value is -1.72. The summed E-state index contributed by atoms with van der Waals surface area (Å²) in [5.41, 5.74) is 0. The van der Waals surface area contributed by atoms with Crippen molar-refractivity contribution in [3.63, 3.8) is 0 Å². The van der Waals surface area contributed by atoms with Crippen molar-refractivity contribution in [3.05, 3.63) is 0 Å². The Labute approximate surface area is 164 Å². The van der Waals surface area contributed by atoms with Crippen molar-refractivity contribution in [2.75, 3.05) is 24.9 Å². The van der Waals surface area contributed by atoms with E-state index in [0.717, 1.165) is 0 Å². The lowest BCUT2D eigenvalue weighted by molar-refractivity contribution is -0.158. The number of halogens is 6. The molecule has 0 saturated carbocycles. The largest absolute Gasteiger partial charge is 0.611 e. The molecule has 0 rings (SSSR count). The third-order valence-corrected chi connectivity index (χ3v) is 5.14. The number of carbonyl (C=O) groups is 3. The average molecular weight is 477 g/mol. The van der Waals surface area contributed by atoms with Gasteiger partial charge in [-0.25, -0.2) is 18.4 Å². The van der Waals surface area contributed by atoms with Gasteiger partial charge >= 0.3 is 28.4 Å².